The number of carbonyl (C=O) groups excluding carboxylic acids is 1. The number of hydrogen-bond acceptors (Lipinski definition) is 3. The Morgan fingerprint density at radius 3 is 2.62 bits per heavy atom. The highest BCUT2D eigenvalue weighted by atomic mass is 35.5. The largest absolute Gasteiger partial charge is 0.327 e. The van der Waals surface area contributed by atoms with Gasteiger partial charge in [0.1, 0.15) is 5.82 Å². The summed E-state index contributed by atoms with van der Waals surface area (Å²) in [5, 5.41) is 2.78. The molecule has 0 radical (unpaired) electrons. The molecule has 0 spiro atoms. The Labute approximate surface area is 131 Å². The summed E-state index contributed by atoms with van der Waals surface area (Å²) in [7, 11) is 0. The minimum Gasteiger partial charge on any atom is -0.327 e. The van der Waals surface area contributed by atoms with Crippen LogP contribution < -0.4 is 11.1 Å². The molecule has 0 saturated carbocycles. The van der Waals surface area contributed by atoms with E-state index in [1.54, 1.807) is 12.1 Å². The number of rotatable bonds is 3. The maximum atomic E-state index is 12.8. The van der Waals surface area contributed by atoms with Gasteiger partial charge in [-0.2, -0.15) is 0 Å². The van der Waals surface area contributed by atoms with Gasteiger partial charge in [0.05, 0.1) is 6.54 Å². The van der Waals surface area contributed by atoms with Gasteiger partial charge in [-0.1, -0.05) is 13.8 Å². The molecule has 1 aliphatic heterocycles. The third-order valence-electron chi connectivity index (χ3n) is 3.89. The first kappa shape index (κ1) is 17.9. The predicted molar refractivity (Wildman–Crippen MR) is 85.1 cm³/mol. The molecule has 1 amide bonds. The Balaban J connectivity index is 0.00000220. The van der Waals surface area contributed by atoms with Crippen molar-refractivity contribution in [1.82, 2.24) is 4.90 Å². The Hall–Kier alpha value is -1.17. The van der Waals surface area contributed by atoms with Crippen molar-refractivity contribution in [2.45, 2.75) is 26.3 Å². The molecule has 1 saturated heterocycles. The molecule has 1 heterocycles. The van der Waals surface area contributed by atoms with Gasteiger partial charge in [-0.3, -0.25) is 9.69 Å². The van der Waals surface area contributed by atoms with Gasteiger partial charge < -0.3 is 11.1 Å². The van der Waals surface area contributed by atoms with E-state index in [9.17, 15) is 9.18 Å². The lowest BCUT2D eigenvalue weighted by atomic mass is 9.80. The van der Waals surface area contributed by atoms with Gasteiger partial charge >= 0.3 is 0 Å². The number of hydrogen-bond donors (Lipinski definition) is 2. The van der Waals surface area contributed by atoms with Crippen molar-refractivity contribution in [3.8, 4) is 0 Å². The summed E-state index contributed by atoms with van der Waals surface area (Å²) in [6.07, 6.45) is 0.900. The van der Waals surface area contributed by atoms with Crippen molar-refractivity contribution in [2.24, 2.45) is 11.1 Å². The Bertz CT molecular complexity index is 478. The summed E-state index contributed by atoms with van der Waals surface area (Å²) in [5.41, 5.74) is 6.72. The predicted octanol–water partition coefficient (Wildman–Crippen LogP) is 2.25. The van der Waals surface area contributed by atoms with Crippen LogP contribution in [0.3, 0.4) is 0 Å². The van der Waals surface area contributed by atoms with Crippen LogP contribution >= 0.6 is 12.4 Å². The van der Waals surface area contributed by atoms with Crippen molar-refractivity contribution in [2.75, 3.05) is 25.0 Å². The minimum atomic E-state index is -0.310. The smallest absolute Gasteiger partial charge is 0.238 e. The molecule has 1 unspecified atom stereocenters. The summed E-state index contributed by atoms with van der Waals surface area (Å²) in [6.45, 7) is 6.24. The maximum Gasteiger partial charge on any atom is 0.238 e. The summed E-state index contributed by atoms with van der Waals surface area (Å²) in [4.78, 5) is 14.1. The van der Waals surface area contributed by atoms with E-state index >= 15 is 0 Å². The minimum absolute atomic E-state index is 0. The number of piperidine rings is 1. The molecule has 2 rings (SSSR count). The topological polar surface area (TPSA) is 58.4 Å². The highest BCUT2D eigenvalue weighted by Crippen LogP contribution is 2.27. The molecule has 0 bridgehead atoms. The van der Waals surface area contributed by atoms with Gasteiger partial charge in [0.15, 0.2) is 0 Å². The lowest BCUT2D eigenvalue weighted by molar-refractivity contribution is -0.118. The van der Waals surface area contributed by atoms with E-state index in [2.05, 4.69) is 24.1 Å². The van der Waals surface area contributed by atoms with E-state index in [0.29, 0.717) is 12.2 Å². The van der Waals surface area contributed by atoms with Gasteiger partial charge in [0, 0.05) is 24.8 Å². The van der Waals surface area contributed by atoms with Gasteiger partial charge in [0.2, 0.25) is 5.91 Å². The summed E-state index contributed by atoms with van der Waals surface area (Å²) < 4.78 is 12.8. The molecule has 0 aliphatic carbocycles. The van der Waals surface area contributed by atoms with Crippen molar-refractivity contribution >= 4 is 24.0 Å². The first-order chi connectivity index (χ1) is 9.37. The van der Waals surface area contributed by atoms with Crippen molar-refractivity contribution < 1.29 is 9.18 Å². The number of halogens is 2. The van der Waals surface area contributed by atoms with E-state index in [1.807, 2.05) is 0 Å². The molecule has 1 atom stereocenters. The molecular formula is C15H23ClFN3O. The standard InChI is InChI=1S/C15H22FN3O.ClH/c1-15(2)10-19(8-7-13(15)17)9-14(20)18-12-5-3-11(16)4-6-12;/h3-6,13H,7-10,17H2,1-2H3,(H,18,20);1H. The van der Waals surface area contributed by atoms with E-state index in [-0.39, 0.29) is 35.6 Å². The van der Waals surface area contributed by atoms with Crippen LogP contribution in [0, 0.1) is 11.2 Å². The van der Waals surface area contributed by atoms with Crippen molar-refractivity contribution in [3.63, 3.8) is 0 Å². The SMILES string of the molecule is CC1(C)CN(CC(=O)Nc2ccc(F)cc2)CCC1N.Cl. The Morgan fingerprint density at radius 2 is 2.05 bits per heavy atom. The highest BCUT2D eigenvalue weighted by molar-refractivity contribution is 5.92. The van der Waals surface area contributed by atoms with Crippen LogP contribution in [0.15, 0.2) is 24.3 Å². The second-order valence-corrected chi connectivity index (χ2v) is 6.15. The van der Waals surface area contributed by atoms with Gasteiger partial charge in [-0.25, -0.2) is 4.39 Å². The first-order valence-corrected chi connectivity index (χ1v) is 6.90. The highest BCUT2D eigenvalue weighted by Gasteiger charge is 2.33. The van der Waals surface area contributed by atoms with Gasteiger partial charge in [-0.05, 0) is 36.1 Å². The fourth-order valence-electron chi connectivity index (χ4n) is 2.56. The lowest BCUT2D eigenvalue weighted by Gasteiger charge is -2.42. The van der Waals surface area contributed by atoms with Crippen LogP contribution in [0.1, 0.15) is 20.3 Å². The van der Waals surface area contributed by atoms with E-state index in [0.717, 1.165) is 19.5 Å². The van der Waals surface area contributed by atoms with Crippen LogP contribution in [-0.4, -0.2) is 36.5 Å². The second kappa shape index (κ2) is 7.20. The molecule has 118 valence electrons. The third kappa shape index (κ3) is 4.95. The van der Waals surface area contributed by atoms with Crippen LogP contribution in [0.2, 0.25) is 0 Å². The molecule has 21 heavy (non-hydrogen) atoms. The number of nitrogens with one attached hydrogen (secondary N) is 1. The number of benzene rings is 1. The fourth-order valence-corrected chi connectivity index (χ4v) is 2.56. The maximum absolute atomic E-state index is 12.8. The molecular weight excluding hydrogens is 293 g/mol. The number of nitrogens with zero attached hydrogens (tertiary/aromatic N) is 1. The molecule has 0 aromatic heterocycles. The average Bonchev–Trinajstić information content (AvgIpc) is 2.36. The van der Waals surface area contributed by atoms with E-state index in [4.69, 9.17) is 5.73 Å². The number of amides is 1. The molecule has 1 fully saturated rings. The summed E-state index contributed by atoms with van der Waals surface area (Å²) >= 11 is 0. The Kier molecular flexibility index (Phi) is 6.13. The number of likely N-dealkylation sites (tertiary alicyclic amines) is 1. The Morgan fingerprint density at radius 1 is 1.43 bits per heavy atom. The van der Waals surface area contributed by atoms with Crippen LogP contribution in [0.25, 0.3) is 0 Å². The number of anilines is 1. The zero-order valence-corrected chi connectivity index (χ0v) is 13.3. The lowest BCUT2D eigenvalue weighted by Crippen LogP contribution is -2.53. The zero-order valence-electron chi connectivity index (χ0n) is 12.4. The summed E-state index contributed by atoms with van der Waals surface area (Å²) in [5.74, 6) is -0.391. The third-order valence-corrected chi connectivity index (χ3v) is 3.89. The van der Waals surface area contributed by atoms with Crippen molar-refractivity contribution in [1.29, 1.82) is 0 Å². The van der Waals surface area contributed by atoms with Gasteiger partial charge in [-0.15, -0.1) is 12.4 Å². The van der Waals surface area contributed by atoms with Crippen LogP contribution in [0.4, 0.5) is 10.1 Å². The molecule has 1 aromatic carbocycles. The molecule has 1 aromatic rings. The molecule has 3 N–H and O–H groups in total. The molecule has 4 nitrogen and oxygen atoms in total. The van der Waals surface area contributed by atoms with E-state index < -0.39 is 0 Å². The zero-order chi connectivity index (χ0) is 14.8. The fraction of sp³-hybridized carbons (Fsp3) is 0.533. The van der Waals surface area contributed by atoms with Crippen LogP contribution in [0.5, 0.6) is 0 Å². The number of carbonyl (C=O) groups is 1. The monoisotopic (exact) mass is 315 g/mol. The van der Waals surface area contributed by atoms with Crippen LogP contribution in [-0.2, 0) is 4.79 Å². The molecule has 1 aliphatic rings. The normalized spacial score (nSPS) is 21.4. The van der Waals surface area contributed by atoms with E-state index in [1.165, 1.54) is 12.1 Å². The average molecular weight is 316 g/mol. The second-order valence-electron chi connectivity index (χ2n) is 6.15. The number of nitrogens with two attached hydrogens (primary N) is 1. The van der Waals surface area contributed by atoms with Gasteiger partial charge in [0.25, 0.3) is 0 Å². The van der Waals surface area contributed by atoms with Crippen molar-refractivity contribution in [3.05, 3.63) is 30.1 Å². The summed E-state index contributed by atoms with van der Waals surface area (Å²) in [6, 6.07) is 5.96. The quantitative estimate of drug-likeness (QED) is 0.899. The molecule has 6 heteroatoms. The first-order valence-electron chi connectivity index (χ1n) is 6.90.